The molecule has 110 heteroatoms. The van der Waals surface area contributed by atoms with Crippen molar-refractivity contribution in [1.82, 2.24) is 0 Å². The summed E-state index contributed by atoms with van der Waals surface area (Å²) in [5, 5.41) is 6.08. The van der Waals surface area contributed by atoms with Crippen LogP contribution < -0.4 is 410 Å². The molecule has 0 aliphatic carbocycles. The Bertz CT molecular complexity index is 2640. The molecule has 0 amide bonds. The van der Waals surface area contributed by atoms with E-state index in [2.05, 4.69) is 150 Å². The molecule has 82 nitrogen and oxygen atoms in total. The van der Waals surface area contributed by atoms with Crippen molar-refractivity contribution in [2.45, 2.75) is 0 Å². The molecule has 142 heavy (non-hydrogen) atoms. The maximum Gasteiger partial charge on any atom is -0.112 e. The Hall–Kier alpha value is 3.72. The van der Waals surface area contributed by atoms with Gasteiger partial charge in [0.15, 0.2) is 0 Å². The van der Waals surface area contributed by atoms with Gasteiger partial charge in [-0.05, 0) is 0 Å². The van der Waals surface area contributed by atoms with E-state index in [4.69, 9.17) is 377 Å². The maximum atomic E-state index is 8.49. The summed E-state index contributed by atoms with van der Waals surface area (Å²) in [5.74, 6) is 0. The second kappa shape index (κ2) is 90.5. The van der Waals surface area contributed by atoms with Crippen molar-refractivity contribution in [3.63, 3.8) is 0 Å². The van der Waals surface area contributed by atoms with E-state index in [0.29, 0.717) is 0 Å². The summed E-state index contributed by atoms with van der Waals surface area (Å²) in [5.41, 5.74) is 0. The third-order valence-corrected chi connectivity index (χ3v) is 21.5. The zero-order valence-corrected chi connectivity index (χ0v) is 91.7. The van der Waals surface area contributed by atoms with Gasteiger partial charge in [0.1, 0.15) is 0 Å². The van der Waals surface area contributed by atoms with Crippen LogP contribution in [0, 0.1) is 205 Å². The van der Waals surface area contributed by atoms with E-state index in [9.17, 15) is 0 Å². The SMILES string of the molecule is CP(C)c1cccc[c]1[Tc+5][O][Tc+5][c]1ccccc1P(C)C.CP(C)c1cccc[c]1[Tc+5][O][Tc+5][c]1ccccc1P(C)C.[O-][Cl+3]([O-])([O-])[O-].[O-][Cl+3]([O-])([O-])[O-].[O-][Cl+3]([O-])([O-])[O-].[O-][Cl+3]([O-])([O-])[O-].[O-][Cl+3]([O-])([O-])[O-].[O-][Cl+3]([O-])([O-])[O-].[O-][Cl+3]([O-])([O-])[O-].[O-][Cl+3]([O-])([O-])[O-].[O-][Cl+3]([O-])([O-])[O-].[O-][Cl+3]([O-])([O-])[O-].[O-][Cl+3]([O-])([O-])[O-].[O-][Cl+3]([O-])([O-])[O-].[O-][Cl+3]([O-])([O-])[O-].[O-][Cl+3]([O-])([O-])[O-].[O-][Cl+3]([O-])([O-])[O-].[O-][Cl+3]([O-])([O-])[O-].[O-][Cl+3]([O-])([O-])[O-].[O-][Cl+3]([O-])([O-])[O-].[O-][Cl+3]([O-])([O-])[O-].[O-][Cl+3]([O-])([O-])[O-]. The van der Waals surface area contributed by atoms with E-state index in [-0.39, 0.29) is 104 Å². The molecule has 0 saturated carbocycles. The van der Waals surface area contributed by atoms with Crippen LogP contribution in [0.2, 0.25) is 0 Å². The Kier molecular flexibility index (Phi) is 119. The van der Waals surface area contributed by atoms with Gasteiger partial charge < -0.3 is 0 Å². The Morgan fingerprint density at radius 2 is 0.183 bits per heavy atom. The van der Waals surface area contributed by atoms with Crippen LogP contribution in [0.5, 0.6) is 0 Å². The molecule has 848 valence electrons. The van der Waals surface area contributed by atoms with Gasteiger partial charge in [-0.1, -0.05) is 0 Å². The minimum Gasteiger partial charge on any atom is -0.222 e. The summed E-state index contributed by atoms with van der Waals surface area (Å²) < 4.78 is 698. The molecule has 0 aromatic heterocycles. The molecule has 0 aliphatic heterocycles. The van der Waals surface area contributed by atoms with Gasteiger partial charge in [-0.2, -0.15) is 0 Å². The summed E-state index contributed by atoms with van der Waals surface area (Å²) in [6, 6.07) is 35.3. The molecular formula is C32H40Cl20O82P4Tc4. The molecular weight excluding hydrogens is 2920 g/mol. The van der Waals surface area contributed by atoms with Gasteiger partial charge in [0, 0.05) is 0 Å². The van der Waals surface area contributed by atoms with Crippen LogP contribution in [0.3, 0.4) is 0 Å². The summed E-state index contributed by atoms with van der Waals surface area (Å²) >= 11 is -1.26. The van der Waals surface area contributed by atoms with Crippen LogP contribution in [0.1, 0.15) is 0 Å². The first-order valence-electron chi connectivity index (χ1n) is 25.5. The Morgan fingerprint density at radius 3 is 0.239 bits per heavy atom. The van der Waals surface area contributed by atoms with E-state index in [1.807, 2.05) is 0 Å². The predicted octanol–water partition coefficient (Wildman–Crippen LogP) is -90.4. The topological polar surface area (TPSA) is 1860 Å². The van der Waals surface area contributed by atoms with Gasteiger partial charge in [0.2, 0.25) is 0 Å². The first-order chi connectivity index (χ1) is 60.2. The number of hydrogen-bond donors (Lipinski definition) is 0. The average molecular weight is 2960 g/mol. The summed E-state index contributed by atoms with van der Waals surface area (Å²) in [7, 11) is -99.1. The zero-order chi connectivity index (χ0) is 120. The monoisotopic (exact) mass is 2950 g/mol. The fraction of sp³-hybridized carbons (Fsp3) is 0.250. The van der Waals surface area contributed by atoms with Gasteiger partial charge in [0.25, 0.3) is 0 Å². The molecule has 4 rings (SSSR count). The molecule has 0 saturated heterocycles. The largest absolute Gasteiger partial charge is 0.222 e. The third-order valence-electron chi connectivity index (χ3n) is 5.79. The molecule has 0 atom stereocenters. The quantitative estimate of drug-likeness (QED) is 0.119. The summed E-state index contributed by atoms with van der Waals surface area (Å²) in [4.78, 5) is 0. The van der Waals surface area contributed by atoms with Crippen LogP contribution in [-0.4, -0.2) is 53.3 Å². The van der Waals surface area contributed by atoms with Crippen LogP contribution in [0.25, 0.3) is 0 Å². The van der Waals surface area contributed by atoms with Crippen molar-refractivity contribution in [2.75, 3.05) is 53.3 Å². The molecule has 0 unspecified atom stereocenters. The Labute approximate surface area is 866 Å². The number of hydrogen-bond acceptors (Lipinski definition) is 82. The molecule has 4 aromatic carbocycles. The standard InChI is InChI=1S/4C8H10P.20ClHO4.2O.4Tc/c4*1-9(2)8-6-4-3-5-7-8;20*2-1(3,4)5;;;;;;/h4*3-6H,1-2H3;20*(H,2,3,4,5);;;;;;/q;;;;;;;;;;;;;;;;;;;;;;;;;;4*+5/p-20. The molecule has 0 aliphatic rings. The minimum atomic E-state index is -4.94. The number of rotatable bonds is 12. The van der Waals surface area contributed by atoms with Crippen LogP contribution in [0.15, 0.2) is 97.1 Å². The second-order valence-electron chi connectivity index (χ2n) is 17.4. The fourth-order valence-corrected chi connectivity index (χ4v) is 20.9. The average Bonchev–Trinajstić information content (AvgIpc) is 0.863. The predicted molar refractivity (Wildman–Crippen MR) is 180 cm³/mol. The minimum absolute atomic E-state index is 0.0408. The number of benzene rings is 4. The van der Waals surface area contributed by atoms with Crippen molar-refractivity contribution in [1.29, 1.82) is 0 Å². The van der Waals surface area contributed by atoms with Crippen LogP contribution >= 0.6 is 31.7 Å². The van der Waals surface area contributed by atoms with Gasteiger partial charge >= 0.3 is 296 Å². The molecule has 0 fully saturated rings. The normalized spacial score (nSPS) is 11.6. The molecule has 4 aromatic rings. The Balaban J connectivity index is -0.0000000734. The van der Waals surface area contributed by atoms with Gasteiger partial charge in [-0.3, -0.25) is 0 Å². The van der Waals surface area contributed by atoms with Crippen LogP contribution in [-0.2, 0) is 76.8 Å². The van der Waals surface area contributed by atoms with Crippen LogP contribution in [0.4, 0.5) is 0 Å². The van der Waals surface area contributed by atoms with Crippen molar-refractivity contribution in [3.8, 4) is 0 Å². The molecule has 0 N–H and O–H groups in total. The van der Waals surface area contributed by atoms with Gasteiger partial charge in [0.05, 0.1) is 0 Å². The zero-order valence-electron chi connectivity index (χ0n) is 65.6. The van der Waals surface area contributed by atoms with Gasteiger partial charge in [-0.25, -0.2) is 373 Å². The molecule has 0 bridgehead atoms. The van der Waals surface area contributed by atoms with Crippen molar-refractivity contribution >= 4 is 69.2 Å². The first-order valence-corrected chi connectivity index (χ1v) is 65.9. The second-order valence-corrected chi connectivity index (χ2v) is 51.1. The molecule has 0 spiro atoms. The summed E-state index contributed by atoms with van der Waals surface area (Å²) in [6.45, 7) is 18.6. The van der Waals surface area contributed by atoms with E-state index in [1.54, 1.807) is 0 Å². The van der Waals surface area contributed by atoms with E-state index in [1.165, 1.54) is 37.5 Å². The third kappa shape index (κ3) is 511. The van der Waals surface area contributed by atoms with Crippen molar-refractivity contribution in [2.24, 2.45) is 0 Å². The van der Waals surface area contributed by atoms with Crippen molar-refractivity contribution in [3.05, 3.63) is 97.1 Å². The van der Waals surface area contributed by atoms with Gasteiger partial charge in [-0.15, -0.1) is 205 Å². The van der Waals surface area contributed by atoms with E-state index >= 15 is 0 Å². The maximum absolute atomic E-state index is 8.49. The molecule has 0 radical (unpaired) electrons. The van der Waals surface area contributed by atoms with Crippen molar-refractivity contribution < 1.29 is 654 Å². The number of halogens is 20. The van der Waals surface area contributed by atoms with E-state index in [0.717, 1.165) is 0 Å². The van der Waals surface area contributed by atoms with E-state index < -0.39 is 205 Å². The first kappa shape index (κ1) is 187. The summed E-state index contributed by atoms with van der Waals surface area (Å²) in [6.07, 6.45) is 0. The Morgan fingerprint density at radius 1 is 0.127 bits per heavy atom. The smallest absolute Gasteiger partial charge is 0.112 e. The molecule has 0 heterocycles. The fourth-order valence-electron chi connectivity index (χ4n) is 3.67.